The second-order valence-corrected chi connectivity index (χ2v) is 9.78. The summed E-state index contributed by atoms with van der Waals surface area (Å²) in [6, 6.07) is 9.18. The fourth-order valence-electron chi connectivity index (χ4n) is 1.05. The number of para-hydroxylation sites is 1. The predicted octanol–water partition coefficient (Wildman–Crippen LogP) is 5.19. The summed E-state index contributed by atoms with van der Waals surface area (Å²) in [6.07, 6.45) is 0. The second-order valence-electron chi connectivity index (χ2n) is 4.33. The zero-order valence-electron chi connectivity index (χ0n) is 13.6. The minimum atomic E-state index is -2.39. The maximum Gasteiger partial charge on any atom is 0.242 e. The Labute approximate surface area is 123 Å². The third-order valence-corrected chi connectivity index (χ3v) is 3.04. The van der Waals surface area contributed by atoms with Crippen LogP contribution in [-0.2, 0) is 13.7 Å². The van der Waals surface area contributed by atoms with Gasteiger partial charge in [0.2, 0.25) is 7.37 Å². The summed E-state index contributed by atoms with van der Waals surface area (Å²) in [7, 11) is -4.55. The van der Waals surface area contributed by atoms with E-state index in [-0.39, 0.29) is 0 Å². The highest BCUT2D eigenvalue weighted by Crippen LogP contribution is 2.38. The molecule has 118 valence electrons. The van der Waals surface area contributed by atoms with Crippen molar-refractivity contribution in [3.63, 3.8) is 0 Å². The third-order valence-electron chi connectivity index (χ3n) is 1.51. The smallest absolute Gasteiger partial charge is 0.242 e. The van der Waals surface area contributed by atoms with E-state index >= 15 is 0 Å². The van der Waals surface area contributed by atoms with Gasteiger partial charge in [0.25, 0.3) is 0 Å². The average Bonchev–Trinajstić information content (AvgIpc) is 2.30. The van der Waals surface area contributed by atoms with Gasteiger partial charge in [0.05, 0.1) is 6.61 Å². The standard InChI is InChI=1S/C8H11O2P.C4H11O2P.C2H6/c1-11(2,9)10-8-6-4-3-5-7-8;1-4-6-7(2,3)5;1-2/h3-7H,1-2H3;4H2,1-3H3;1-2H3. The molecule has 0 spiro atoms. The Morgan fingerprint density at radius 2 is 1.35 bits per heavy atom. The summed E-state index contributed by atoms with van der Waals surface area (Å²) in [5, 5.41) is 0. The van der Waals surface area contributed by atoms with Crippen molar-refractivity contribution in [3.05, 3.63) is 30.3 Å². The molecule has 0 fully saturated rings. The van der Waals surface area contributed by atoms with Crippen LogP contribution < -0.4 is 4.52 Å². The summed E-state index contributed by atoms with van der Waals surface area (Å²) >= 11 is 0. The van der Waals surface area contributed by atoms with Gasteiger partial charge in [-0.3, -0.25) is 9.13 Å². The van der Waals surface area contributed by atoms with E-state index in [2.05, 4.69) is 0 Å². The van der Waals surface area contributed by atoms with Crippen molar-refractivity contribution in [2.45, 2.75) is 20.8 Å². The Morgan fingerprint density at radius 3 is 1.60 bits per heavy atom. The molecule has 0 amide bonds. The number of rotatable bonds is 4. The van der Waals surface area contributed by atoms with Gasteiger partial charge in [-0.15, -0.1) is 0 Å². The van der Waals surface area contributed by atoms with Crippen LogP contribution in [0.3, 0.4) is 0 Å². The molecule has 20 heavy (non-hydrogen) atoms. The van der Waals surface area contributed by atoms with Crippen molar-refractivity contribution in [2.24, 2.45) is 0 Å². The highest BCUT2D eigenvalue weighted by atomic mass is 31.2. The van der Waals surface area contributed by atoms with Gasteiger partial charge in [0.1, 0.15) is 5.75 Å². The fraction of sp³-hybridized carbons (Fsp3) is 0.571. The van der Waals surface area contributed by atoms with Gasteiger partial charge in [-0.25, -0.2) is 0 Å². The van der Waals surface area contributed by atoms with Crippen LogP contribution in [0.5, 0.6) is 5.75 Å². The van der Waals surface area contributed by atoms with Gasteiger partial charge in [-0.05, 0) is 19.1 Å². The molecule has 0 aliphatic carbocycles. The van der Waals surface area contributed by atoms with Gasteiger partial charge >= 0.3 is 0 Å². The monoisotopic (exact) mass is 322 g/mol. The minimum absolute atomic E-state index is 0.546. The van der Waals surface area contributed by atoms with E-state index in [0.717, 1.165) is 0 Å². The predicted molar refractivity (Wildman–Crippen MR) is 89.0 cm³/mol. The molecule has 6 heteroatoms. The molecule has 0 N–H and O–H groups in total. The van der Waals surface area contributed by atoms with Crippen molar-refractivity contribution in [3.8, 4) is 5.75 Å². The van der Waals surface area contributed by atoms with Crippen molar-refractivity contribution in [1.29, 1.82) is 0 Å². The van der Waals surface area contributed by atoms with Gasteiger partial charge in [-0.1, -0.05) is 32.0 Å². The lowest BCUT2D eigenvalue weighted by molar-refractivity contribution is 0.341. The van der Waals surface area contributed by atoms with Crippen LogP contribution in [0.2, 0.25) is 0 Å². The van der Waals surface area contributed by atoms with E-state index in [1.807, 2.05) is 39.0 Å². The first-order valence-electron chi connectivity index (χ1n) is 6.63. The summed E-state index contributed by atoms with van der Waals surface area (Å²) in [4.78, 5) is 0. The summed E-state index contributed by atoms with van der Waals surface area (Å²) < 4.78 is 31.7. The molecule has 0 atom stereocenters. The van der Waals surface area contributed by atoms with Crippen LogP contribution in [0.1, 0.15) is 20.8 Å². The SMILES string of the molecule is CC.CCOP(C)(C)=O.CP(C)(=O)Oc1ccccc1. The Hall–Kier alpha value is -0.560. The van der Waals surface area contributed by atoms with Gasteiger partial charge in [-0.2, -0.15) is 0 Å². The molecule has 0 heterocycles. The highest BCUT2D eigenvalue weighted by Gasteiger charge is 2.07. The zero-order chi connectivity index (χ0) is 16.2. The molecule has 0 aromatic heterocycles. The molecule has 4 nitrogen and oxygen atoms in total. The van der Waals surface area contributed by atoms with E-state index in [1.54, 1.807) is 38.8 Å². The van der Waals surface area contributed by atoms with Crippen molar-refractivity contribution in [2.75, 3.05) is 33.3 Å². The number of hydrogen-bond acceptors (Lipinski definition) is 4. The first-order chi connectivity index (χ1) is 9.14. The zero-order valence-corrected chi connectivity index (χ0v) is 15.4. The Bertz CT molecular complexity index is 420. The first-order valence-corrected chi connectivity index (χ1v) is 11.7. The van der Waals surface area contributed by atoms with Crippen LogP contribution in [0.15, 0.2) is 30.3 Å². The molecule has 0 aliphatic rings. The summed E-state index contributed by atoms with van der Waals surface area (Å²) in [6.45, 7) is 12.8. The molecule has 0 aliphatic heterocycles. The molecular formula is C14H28O4P2. The van der Waals surface area contributed by atoms with E-state index in [4.69, 9.17) is 9.05 Å². The van der Waals surface area contributed by atoms with Crippen molar-refractivity contribution >= 4 is 14.7 Å². The topological polar surface area (TPSA) is 52.6 Å². The van der Waals surface area contributed by atoms with Gasteiger partial charge < -0.3 is 9.05 Å². The molecular weight excluding hydrogens is 294 g/mol. The van der Waals surface area contributed by atoms with Crippen LogP contribution in [0, 0.1) is 0 Å². The molecule has 1 aromatic rings. The first kappa shape index (κ1) is 21.7. The Balaban J connectivity index is 0. The molecule has 0 radical (unpaired) electrons. The molecule has 1 aromatic carbocycles. The molecule has 0 saturated carbocycles. The van der Waals surface area contributed by atoms with Crippen molar-refractivity contribution < 1.29 is 18.2 Å². The lowest BCUT2D eigenvalue weighted by Crippen LogP contribution is -1.87. The largest absolute Gasteiger partial charge is 0.443 e. The van der Waals surface area contributed by atoms with Crippen LogP contribution in [0.4, 0.5) is 0 Å². The third kappa shape index (κ3) is 17.4. The highest BCUT2D eigenvalue weighted by molar-refractivity contribution is 7.57. The number of hydrogen-bond donors (Lipinski definition) is 0. The Morgan fingerprint density at radius 1 is 0.900 bits per heavy atom. The lowest BCUT2D eigenvalue weighted by Gasteiger charge is -2.08. The van der Waals surface area contributed by atoms with E-state index in [0.29, 0.717) is 12.4 Å². The molecule has 0 bridgehead atoms. The van der Waals surface area contributed by atoms with E-state index in [1.165, 1.54) is 0 Å². The van der Waals surface area contributed by atoms with Crippen LogP contribution in [-0.4, -0.2) is 33.3 Å². The maximum absolute atomic E-state index is 11.2. The maximum atomic E-state index is 11.2. The lowest BCUT2D eigenvalue weighted by atomic mass is 10.3. The molecule has 0 saturated heterocycles. The fourth-order valence-corrected chi connectivity index (χ4v) is 2.30. The van der Waals surface area contributed by atoms with Gasteiger partial charge in [0, 0.05) is 26.7 Å². The average molecular weight is 322 g/mol. The minimum Gasteiger partial charge on any atom is -0.443 e. The Kier molecular flexibility index (Phi) is 12.1. The van der Waals surface area contributed by atoms with E-state index in [9.17, 15) is 9.13 Å². The normalized spacial score (nSPS) is 10.6. The van der Waals surface area contributed by atoms with Crippen LogP contribution in [0.25, 0.3) is 0 Å². The van der Waals surface area contributed by atoms with Crippen LogP contribution >= 0.6 is 14.7 Å². The van der Waals surface area contributed by atoms with Gasteiger partial charge in [0.15, 0.2) is 7.37 Å². The van der Waals surface area contributed by atoms with E-state index < -0.39 is 14.7 Å². The number of benzene rings is 1. The summed E-state index contributed by atoms with van der Waals surface area (Å²) in [5.41, 5.74) is 0. The second kappa shape index (κ2) is 11.1. The summed E-state index contributed by atoms with van der Waals surface area (Å²) in [5.74, 6) is 0.667. The molecule has 0 unspecified atom stereocenters. The quantitative estimate of drug-likeness (QED) is 0.716. The van der Waals surface area contributed by atoms with Crippen molar-refractivity contribution in [1.82, 2.24) is 0 Å². The molecule has 1 rings (SSSR count).